The van der Waals surface area contributed by atoms with Gasteiger partial charge in [0.15, 0.2) is 8.32 Å². The summed E-state index contributed by atoms with van der Waals surface area (Å²) in [6, 6.07) is 0. The van der Waals surface area contributed by atoms with E-state index in [0.717, 1.165) is 23.2 Å². The second-order valence-corrected chi connectivity index (χ2v) is 16.8. The lowest BCUT2D eigenvalue weighted by molar-refractivity contribution is 0.248. The van der Waals surface area contributed by atoms with Crippen molar-refractivity contribution in [1.82, 2.24) is 3.55 Å². The third-order valence-corrected chi connectivity index (χ3v) is 9.53. The SMILES string of the molecule is C[Si](C)(C)OC[N]([AlH2])[Si](C)(C)C. The minimum atomic E-state index is -1.30. The van der Waals surface area contributed by atoms with Crippen LogP contribution in [0.2, 0.25) is 39.3 Å². The maximum atomic E-state index is 5.85. The van der Waals surface area contributed by atoms with Crippen LogP contribution in [0.4, 0.5) is 0 Å². The molecular weight excluding hydrogens is 197 g/mol. The molecule has 0 rings (SSSR count). The first-order valence-corrected chi connectivity index (χ1v) is 12.2. The summed E-state index contributed by atoms with van der Waals surface area (Å²) in [5, 5.41) is 0. The molecule has 0 atom stereocenters. The monoisotopic (exact) mass is 219 g/mol. The minimum absolute atomic E-state index is 0.873. The fraction of sp³-hybridized carbons (Fsp3) is 1.00. The van der Waals surface area contributed by atoms with Gasteiger partial charge in [0.2, 0.25) is 0 Å². The molecule has 0 aliphatic carbocycles. The molecule has 0 N–H and O–H groups in total. The molecule has 0 amide bonds. The summed E-state index contributed by atoms with van der Waals surface area (Å²) in [4.78, 5) is 0. The van der Waals surface area contributed by atoms with E-state index in [9.17, 15) is 0 Å². The molecule has 12 heavy (non-hydrogen) atoms. The molecular formula is C7H22AlNOSi2. The maximum Gasteiger partial charge on any atom is 0.316 e. The molecule has 5 heteroatoms. The predicted octanol–water partition coefficient (Wildman–Crippen LogP) is 1.48. The van der Waals surface area contributed by atoms with E-state index in [1.807, 2.05) is 0 Å². The summed E-state index contributed by atoms with van der Waals surface area (Å²) in [5.41, 5.74) is 0. The lowest BCUT2D eigenvalue weighted by Crippen LogP contribution is -2.47. The van der Waals surface area contributed by atoms with Gasteiger partial charge in [0, 0.05) is 0 Å². The second kappa shape index (κ2) is 4.40. The first-order chi connectivity index (χ1) is 5.13. The van der Waals surface area contributed by atoms with Crippen LogP contribution in [0.5, 0.6) is 0 Å². The summed E-state index contributed by atoms with van der Waals surface area (Å²) < 4.78 is 8.36. The highest BCUT2D eigenvalue weighted by molar-refractivity contribution is 6.77. The third-order valence-electron chi connectivity index (χ3n) is 1.84. The van der Waals surface area contributed by atoms with E-state index in [2.05, 4.69) is 42.8 Å². The zero-order chi connectivity index (χ0) is 9.99. The van der Waals surface area contributed by atoms with E-state index in [-0.39, 0.29) is 0 Å². The van der Waals surface area contributed by atoms with Crippen molar-refractivity contribution in [2.75, 3.05) is 6.73 Å². The molecule has 0 saturated heterocycles. The van der Waals surface area contributed by atoms with Crippen molar-refractivity contribution in [3.63, 3.8) is 0 Å². The van der Waals surface area contributed by atoms with Gasteiger partial charge < -0.3 is 7.98 Å². The zero-order valence-corrected chi connectivity index (χ0v) is 13.6. The Kier molecular flexibility index (Phi) is 4.73. The van der Waals surface area contributed by atoms with E-state index in [0.29, 0.717) is 0 Å². The van der Waals surface area contributed by atoms with Crippen molar-refractivity contribution < 1.29 is 4.43 Å². The Morgan fingerprint density at radius 3 is 1.75 bits per heavy atom. The molecule has 0 fully saturated rings. The fourth-order valence-corrected chi connectivity index (χ4v) is 2.03. The van der Waals surface area contributed by atoms with Gasteiger partial charge >= 0.3 is 16.5 Å². The highest BCUT2D eigenvalue weighted by atomic mass is 28.4. The Balaban J connectivity index is 3.80. The first kappa shape index (κ1) is 12.9. The zero-order valence-electron chi connectivity index (χ0n) is 9.56. The molecule has 0 radical (unpaired) electrons. The second-order valence-electron chi connectivity index (χ2n) is 5.25. The number of hydrogen-bond acceptors (Lipinski definition) is 2. The van der Waals surface area contributed by atoms with Gasteiger partial charge in [-0.25, -0.2) is 0 Å². The van der Waals surface area contributed by atoms with Crippen LogP contribution in [-0.2, 0) is 4.43 Å². The first-order valence-electron chi connectivity index (χ1n) is 4.48. The van der Waals surface area contributed by atoms with Crippen molar-refractivity contribution in [3.8, 4) is 0 Å². The summed E-state index contributed by atoms with van der Waals surface area (Å²) in [7, 11) is -2.36. The summed E-state index contributed by atoms with van der Waals surface area (Å²) >= 11 is 1.13. The number of rotatable bonds is 4. The van der Waals surface area contributed by atoms with Crippen LogP contribution in [0.3, 0.4) is 0 Å². The number of nitrogens with zero attached hydrogens (tertiary/aromatic N) is 1. The van der Waals surface area contributed by atoms with Crippen LogP contribution >= 0.6 is 0 Å². The van der Waals surface area contributed by atoms with Crippen molar-refractivity contribution in [2.24, 2.45) is 0 Å². The molecule has 0 heterocycles. The van der Waals surface area contributed by atoms with E-state index >= 15 is 0 Å². The van der Waals surface area contributed by atoms with Crippen molar-refractivity contribution in [2.45, 2.75) is 39.3 Å². The molecule has 0 aromatic heterocycles. The molecule has 2 nitrogen and oxygen atoms in total. The standard InChI is InChI=1S/C7H20NOSi2.Al.2H/c1-10(2,3)8-7-9-11(4,5)6;;;/h7H2,1-6H3;;;/q-1;+1;;. The van der Waals surface area contributed by atoms with Gasteiger partial charge in [-0.2, -0.15) is 0 Å². The average Bonchev–Trinajstić information content (AvgIpc) is 1.78. The van der Waals surface area contributed by atoms with Crippen molar-refractivity contribution in [3.05, 3.63) is 0 Å². The quantitative estimate of drug-likeness (QED) is 0.524. The Hall–Kier alpha value is 0.886. The van der Waals surface area contributed by atoms with E-state index in [1.165, 1.54) is 0 Å². The van der Waals surface area contributed by atoms with Crippen LogP contribution in [0.1, 0.15) is 0 Å². The normalized spacial score (nSPS) is 13.9. The van der Waals surface area contributed by atoms with Crippen LogP contribution in [-0.4, -0.2) is 43.3 Å². The molecule has 0 aromatic rings. The van der Waals surface area contributed by atoms with Gasteiger partial charge in [-0.3, -0.25) is 0 Å². The van der Waals surface area contributed by atoms with Gasteiger partial charge in [0.1, 0.15) is 0 Å². The van der Waals surface area contributed by atoms with E-state index in [1.54, 1.807) is 0 Å². The smallest absolute Gasteiger partial charge is 0.316 e. The highest BCUT2D eigenvalue weighted by Gasteiger charge is 2.21. The van der Waals surface area contributed by atoms with Crippen LogP contribution in [0, 0.1) is 0 Å². The maximum absolute atomic E-state index is 5.85. The summed E-state index contributed by atoms with van der Waals surface area (Å²) in [6.07, 6.45) is 0. The Morgan fingerprint density at radius 2 is 1.50 bits per heavy atom. The summed E-state index contributed by atoms with van der Waals surface area (Å²) in [5.74, 6) is 0. The van der Waals surface area contributed by atoms with Gasteiger partial charge in [-0.1, -0.05) is 19.6 Å². The van der Waals surface area contributed by atoms with E-state index in [4.69, 9.17) is 4.43 Å². The molecule has 0 aromatic carbocycles. The molecule has 0 bridgehead atoms. The predicted molar refractivity (Wildman–Crippen MR) is 63.0 cm³/mol. The third kappa shape index (κ3) is 6.41. The molecule has 0 unspecified atom stereocenters. The van der Waals surface area contributed by atoms with Gasteiger partial charge in [-0.15, -0.1) is 0 Å². The average molecular weight is 219 g/mol. The lowest BCUT2D eigenvalue weighted by atomic mass is 11.4. The van der Waals surface area contributed by atoms with Gasteiger partial charge in [0.25, 0.3) is 0 Å². The molecule has 0 aliphatic heterocycles. The van der Waals surface area contributed by atoms with Gasteiger partial charge in [0.05, 0.1) is 15.0 Å². The van der Waals surface area contributed by atoms with E-state index < -0.39 is 16.6 Å². The van der Waals surface area contributed by atoms with Crippen LogP contribution in [0.15, 0.2) is 0 Å². The molecule has 0 spiro atoms. The Bertz CT molecular complexity index is 141. The highest BCUT2D eigenvalue weighted by Crippen LogP contribution is 2.08. The molecule has 0 aliphatic rings. The molecule has 0 saturated carbocycles. The topological polar surface area (TPSA) is 12.5 Å². The van der Waals surface area contributed by atoms with Crippen molar-refractivity contribution in [1.29, 1.82) is 0 Å². The van der Waals surface area contributed by atoms with Crippen molar-refractivity contribution >= 4 is 33.1 Å². The largest absolute Gasteiger partial charge is 0.408 e. The number of hydrogen-bond donors (Lipinski definition) is 0. The van der Waals surface area contributed by atoms with Crippen LogP contribution < -0.4 is 0 Å². The Labute approximate surface area is 87.1 Å². The Morgan fingerprint density at radius 1 is 1.08 bits per heavy atom. The molecule has 72 valence electrons. The van der Waals surface area contributed by atoms with Crippen LogP contribution in [0.25, 0.3) is 0 Å². The minimum Gasteiger partial charge on any atom is -0.408 e. The lowest BCUT2D eigenvalue weighted by Gasteiger charge is -2.33. The van der Waals surface area contributed by atoms with Gasteiger partial charge in [-0.05, 0) is 19.6 Å². The fourth-order valence-electron chi connectivity index (χ4n) is 0.484. The summed E-state index contributed by atoms with van der Waals surface area (Å²) in [6.45, 7) is 14.7.